The molecule has 4 nitrogen and oxygen atoms in total. The smallest absolute Gasteiger partial charge is 0.0764 e. The van der Waals surface area contributed by atoms with Crippen molar-refractivity contribution in [2.45, 2.75) is 51.1 Å². The monoisotopic (exact) mass is 276 g/mol. The zero-order valence-corrected chi connectivity index (χ0v) is 12.7. The minimum absolute atomic E-state index is 0.664. The summed E-state index contributed by atoms with van der Waals surface area (Å²) in [6.07, 6.45) is 10.2. The molecule has 2 aliphatic rings. The van der Waals surface area contributed by atoms with Crippen LogP contribution in [0.5, 0.6) is 0 Å². The van der Waals surface area contributed by atoms with Crippen LogP contribution in [0.1, 0.15) is 50.3 Å². The fourth-order valence-corrected chi connectivity index (χ4v) is 3.70. The van der Waals surface area contributed by atoms with E-state index in [-0.39, 0.29) is 0 Å². The minimum atomic E-state index is 0.664. The number of nitrogens with one attached hydrogen (secondary N) is 1. The zero-order valence-electron chi connectivity index (χ0n) is 12.7. The van der Waals surface area contributed by atoms with Crippen molar-refractivity contribution in [1.82, 2.24) is 20.0 Å². The van der Waals surface area contributed by atoms with E-state index < -0.39 is 0 Å². The molecule has 20 heavy (non-hydrogen) atoms. The Kier molecular flexibility index (Phi) is 4.73. The van der Waals surface area contributed by atoms with Crippen molar-refractivity contribution in [3.63, 3.8) is 0 Å². The van der Waals surface area contributed by atoms with Gasteiger partial charge in [0, 0.05) is 19.3 Å². The van der Waals surface area contributed by atoms with Gasteiger partial charge in [-0.3, -0.25) is 4.68 Å². The van der Waals surface area contributed by atoms with Crippen LogP contribution in [0.15, 0.2) is 12.3 Å². The zero-order chi connectivity index (χ0) is 13.8. The maximum Gasteiger partial charge on any atom is 0.0764 e. The molecule has 2 heterocycles. The quantitative estimate of drug-likeness (QED) is 0.896. The SMILES string of the molecule is CN(Cc1ccn(C2CCCC2)n1)CC1CCCNC1. The van der Waals surface area contributed by atoms with Gasteiger partial charge in [0.05, 0.1) is 11.7 Å². The average molecular weight is 276 g/mol. The van der Waals surface area contributed by atoms with E-state index in [0.29, 0.717) is 6.04 Å². The Morgan fingerprint density at radius 3 is 2.90 bits per heavy atom. The molecule has 112 valence electrons. The molecule has 0 radical (unpaired) electrons. The molecule has 4 heteroatoms. The fraction of sp³-hybridized carbons (Fsp3) is 0.812. The highest BCUT2D eigenvalue weighted by atomic mass is 15.3. The highest BCUT2D eigenvalue weighted by molar-refractivity contribution is 5.00. The molecule has 2 fully saturated rings. The van der Waals surface area contributed by atoms with Crippen LogP contribution in [0.4, 0.5) is 0 Å². The summed E-state index contributed by atoms with van der Waals surface area (Å²) in [5, 5.41) is 8.28. The van der Waals surface area contributed by atoms with E-state index in [9.17, 15) is 0 Å². The van der Waals surface area contributed by atoms with E-state index in [1.165, 1.54) is 63.9 Å². The number of nitrogens with zero attached hydrogens (tertiary/aromatic N) is 3. The average Bonchev–Trinajstić information content (AvgIpc) is 3.10. The van der Waals surface area contributed by atoms with Gasteiger partial charge in [-0.1, -0.05) is 12.8 Å². The van der Waals surface area contributed by atoms with E-state index in [4.69, 9.17) is 5.10 Å². The van der Waals surface area contributed by atoms with Gasteiger partial charge in [-0.15, -0.1) is 0 Å². The fourth-order valence-electron chi connectivity index (χ4n) is 3.70. The maximum absolute atomic E-state index is 4.78. The molecule has 0 aromatic carbocycles. The van der Waals surface area contributed by atoms with Gasteiger partial charge in [0.2, 0.25) is 0 Å². The van der Waals surface area contributed by atoms with Gasteiger partial charge < -0.3 is 10.2 Å². The van der Waals surface area contributed by atoms with Gasteiger partial charge in [0.15, 0.2) is 0 Å². The van der Waals surface area contributed by atoms with Crippen molar-refractivity contribution >= 4 is 0 Å². The normalized spacial score (nSPS) is 24.6. The third kappa shape index (κ3) is 3.61. The molecule has 0 bridgehead atoms. The van der Waals surface area contributed by atoms with Gasteiger partial charge in [0.25, 0.3) is 0 Å². The first kappa shape index (κ1) is 14.1. The Morgan fingerprint density at radius 2 is 2.15 bits per heavy atom. The lowest BCUT2D eigenvalue weighted by Gasteiger charge is -2.27. The van der Waals surface area contributed by atoms with Gasteiger partial charge >= 0.3 is 0 Å². The third-order valence-corrected chi connectivity index (χ3v) is 4.76. The Hall–Kier alpha value is -0.870. The van der Waals surface area contributed by atoms with E-state index >= 15 is 0 Å². The standard InChI is InChI=1S/C16H28N4/c1-19(12-14-5-4-9-17-11-14)13-15-8-10-20(18-15)16-6-2-3-7-16/h8,10,14,16-17H,2-7,9,11-13H2,1H3. The molecule has 1 aromatic rings. The van der Waals surface area contributed by atoms with Gasteiger partial charge in [0.1, 0.15) is 0 Å². The molecule has 1 N–H and O–H groups in total. The number of piperidine rings is 1. The summed E-state index contributed by atoms with van der Waals surface area (Å²) in [4.78, 5) is 2.43. The molecule has 1 aromatic heterocycles. The van der Waals surface area contributed by atoms with Gasteiger partial charge in [-0.05, 0) is 57.8 Å². The summed E-state index contributed by atoms with van der Waals surface area (Å²) in [6.45, 7) is 4.55. The number of rotatable bonds is 5. The van der Waals surface area contributed by atoms with E-state index in [1.54, 1.807) is 0 Å². The maximum atomic E-state index is 4.78. The first-order chi connectivity index (χ1) is 9.81. The molecular formula is C16H28N4. The van der Waals surface area contributed by atoms with Crippen LogP contribution in [0.2, 0.25) is 0 Å². The predicted molar refractivity (Wildman–Crippen MR) is 81.7 cm³/mol. The molecule has 1 aliphatic carbocycles. The van der Waals surface area contributed by atoms with Crippen LogP contribution >= 0.6 is 0 Å². The van der Waals surface area contributed by atoms with Crippen molar-refractivity contribution in [3.05, 3.63) is 18.0 Å². The minimum Gasteiger partial charge on any atom is -0.316 e. The highest BCUT2D eigenvalue weighted by Crippen LogP contribution is 2.28. The van der Waals surface area contributed by atoms with Crippen molar-refractivity contribution in [2.24, 2.45) is 5.92 Å². The van der Waals surface area contributed by atoms with Crippen molar-refractivity contribution in [2.75, 3.05) is 26.7 Å². The van der Waals surface area contributed by atoms with Crippen molar-refractivity contribution < 1.29 is 0 Å². The number of hydrogen-bond donors (Lipinski definition) is 1. The highest BCUT2D eigenvalue weighted by Gasteiger charge is 2.19. The summed E-state index contributed by atoms with van der Waals surface area (Å²) in [5.41, 5.74) is 1.23. The van der Waals surface area contributed by atoms with Crippen LogP contribution in [0.25, 0.3) is 0 Å². The van der Waals surface area contributed by atoms with E-state index in [2.05, 4.69) is 34.2 Å². The third-order valence-electron chi connectivity index (χ3n) is 4.76. The van der Waals surface area contributed by atoms with E-state index in [1.807, 2.05) is 0 Å². The molecular weight excluding hydrogens is 248 g/mol. The lowest BCUT2D eigenvalue weighted by molar-refractivity contribution is 0.235. The summed E-state index contributed by atoms with van der Waals surface area (Å²) >= 11 is 0. The Labute approximate surface area is 122 Å². The molecule has 3 rings (SSSR count). The topological polar surface area (TPSA) is 33.1 Å². The predicted octanol–water partition coefficient (Wildman–Crippen LogP) is 2.43. The van der Waals surface area contributed by atoms with Gasteiger partial charge in [-0.25, -0.2) is 0 Å². The largest absolute Gasteiger partial charge is 0.316 e. The second kappa shape index (κ2) is 6.72. The van der Waals surface area contributed by atoms with Crippen LogP contribution in [-0.4, -0.2) is 41.4 Å². The van der Waals surface area contributed by atoms with Crippen LogP contribution in [0.3, 0.4) is 0 Å². The van der Waals surface area contributed by atoms with E-state index in [0.717, 1.165) is 12.5 Å². The summed E-state index contributed by atoms with van der Waals surface area (Å²) in [6, 6.07) is 2.87. The first-order valence-electron chi connectivity index (χ1n) is 8.24. The van der Waals surface area contributed by atoms with Crippen LogP contribution < -0.4 is 5.32 Å². The second-order valence-corrected chi connectivity index (χ2v) is 6.63. The Balaban J connectivity index is 1.49. The Morgan fingerprint density at radius 1 is 1.30 bits per heavy atom. The van der Waals surface area contributed by atoms with Crippen molar-refractivity contribution in [1.29, 1.82) is 0 Å². The molecule has 1 saturated heterocycles. The van der Waals surface area contributed by atoms with Gasteiger partial charge in [-0.2, -0.15) is 5.10 Å². The van der Waals surface area contributed by atoms with Crippen LogP contribution in [-0.2, 0) is 6.54 Å². The van der Waals surface area contributed by atoms with Crippen molar-refractivity contribution in [3.8, 4) is 0 Å². The molecule has 1 unspecified atom stereocenters. The summed E-state index contributed by atoms with van der Waals surface area (Å²) in [5.74, 6) is 0.811. The summed E-state index contributed by atoms with van der Waals surface area (Å²) < 4.78 is 2.21. The molecule has 0 spiro atoms. The second-order valence-electron chi connectivity index (χ2n) is 6.63. The lowest BCUT2D eigenvalue weighted by Crippen LogP contribution is -2.36. The number of aromatic nitrogens is 2. The summed E-state index contributed by atoms with van der Waals surface area (Å²) in [7, 11) is 2.23. The van der Waals surface area contributed by atoms with Crippen LogP contribution in [0, 0.1) is 5.92 Å². The molecule has 1 saturated carbocycles. The number of hydrogen-bond acceptors (Lipinski definition) is 3. The molecule has 1 atom stereocenters. The Bertz CT molecular complexity index is 402. The first-order valence-corrected chi connectivity index (χ1v) is 8.24. The lowest BCUT2D eigenvalue weighted by atomic mass is 9.99. The molecule has 1 aliphatic heterocycles. The molecule has 0 amide bonds.